The van der Waals surface area contributed by atoms with E-state index in [-0.39, 0.29) is 17.2 Å². The molecule has 13 heteroatoms. The molecule has 0 aromatic heterocycles. The monoisotopic (exact) mass is 425 g/mol. The summed E-state index contributed by atoms with van der Waals surface area (Å²) in [6.07, 6.45) is -6.01. The molecule has 0 spiro atoms. The van der Waals surface area contributed by atoms with Crippen LogP contribution in [0.15, 0.2) is 29.4 Å². The van der Waals surface area contributed by atoms with Gasteiger partial charge >= 0.3 is 10.4 Å². The van der Waals surface area contributed by atoms with Crippen LogP contribution in [0, 0.1) is 0 Å². The van der Waals surface area contributed by atoms with E-state index in [9.17, 15) is 34.0 Å². The second kappa shape index (κ2) is 9.16. The molecule has 0 unspecified atom stereocenters. The van der Waals surface area contributed by atoms with Crippen LogP contribution < -0.4 is 0 Å². The van der Waals surface area contributed by atoms with Crippen LogP contribution in [0.2, 0.25) is 0 Å². The number of aliphatic hydroxyl groups excluding tert-OH is 4. The summed E-state index contributed by atoms with van der Waals surface area (Å²) in [5.74, 6) is -0.0552. The van der Waals surface area contributed by atoms with Gasteiger partial charge in [-0.3, -0.25) is 4.55 Å². The minimum Gasteiger partial charge on any atom is -0.508 e. The highest BCUT2D eigenvalue weighted by Gasteiger charge is 2.44. The van der Waals surface area contributed by atoms with Crippen molar-refractivity contribution in [2.24, 2.45) is 5.16 Å². The molecular weight excluding hydrogens is 406 g/mol. The van der Waals surface area contributed by atoms with E-state index in [4.69, 9.17) is 9.29 Å². The van der Waals surface area contributed by atoms with Gasteiger partial charge in [0.1, 0.15) is 40.6 Å². The summed E-state index contributed by atoms with van der Waals surface area (Å²) in [5.41, 5.74) is -0.744. The number of hydrogen-bond donors (Lipinski definition) is 6. The highest BCUT2D eigenvalue weighted by molar-refractivity contribution is 8.14. The van der Waals surface area contributed by atoms with Gasteiger partial charge in [0.25, 0.3) is 0 Å². The van der Waals surface area contributed by atoms with Crippen molar-refractivity contribution in [3.05, 3.63) is 29.8 Å². The number of hydrogen-bond acceptors (Lipinski definition) is 11. The Bertz CT molecular complexity index is 769. The Hall–Kier alpha value is -1.45. The predicted molar refractivity (Wildman–Crippen MR) is 93.2 cm³/mol. The normalized spacial score (nSPS) is 29.5. The molecule has 1 fully saturated rings. The maximum absolute atomic E-state index is 10.8. The Kier molecular flexibility index (Phi) is 7.41. The number of benzene rings is 1. The van der Waals surface area contributed by atoms with Crippen LogP contribution in [-0.2, 0) is 25.8 Å². The summed E-state index contributed by atoms with van der Waals surface area (Å²) < 4.78 is 39.6. The zero-order valence-corrected chi connectivity index (χ0v) is 15.3. The van der Waals surface area contributed by atoms with Crippen LogP contribution in [0.25, 0.3) is 0 Å². The fraction of sp³-hybridized carbons (Fsp3) is 0.500. The van der Waals surface area contributed by atoms with Gasteiger partial charge < -0.3 is 30.3 Å². The number of aromatic hydroxyl groups is 1. The molecule has 0 bridgehead atoms. The van der Waals surface area contributed by atoms with Crippen LogP contribution in [0.1, 0.15) is 5.56 Å². The van der Waals surface area contributed by atoms with Gasteiger partial charge in [0.15, 0.2) is 0 Å². The van der Waals surface area contributed by atoms with Crippen LogP contribution in [0.5, 0.6) is 5.75 Å². The minimum atomic E-state index is -4.89. The van der Waals surface area contributed by atoms with Crippen molar-refractivity contribution in [3.63, 3.8) is 0 Å². The highest BCUT2D eigenvalue weighted by Crippen LogP contribution is 2.30. The molecular formula is C14H19NO10S2. The van der Waals surface area contributed by atoms with Crippen molar-refractivity contribution in [1.29, 1.82) is 0 Å². The highest BCUT2D eigenvalue weighted by atomic mass is 32.3. The van der Waals surface area contributed by atoms with E-state index in [0.29, 0.717) is 17.3 Å². The van der Waals surface area contributed by atoms with Gasteiger partial charge in [0, 0.05) is 6.42 Å². The Morgan fingerprint density at radius 2 is 1.93 bits per heavy atom. The zero-order chi connectivity index (χ0) is 20.2. The molecule has 0 saturated carbocycles. The van der Waals surface area contributed by atoms with Crippen molar-refractivity contribution in [3.8, 4) is 5.75 Å². The average molecular weight is 425 g/mol. The first-order valence-corrected chi connectivity index (χ1v) is 9.83. The molecule has 1 heterocycles. The minimum absolute atomic E-state index is 0.0552. The van der Waals surface area contributed by atoms with E-state index < -0.39 is 46.9 Å². The molecule has 2 rings (SSSR count). The first-order chi connectivity index (χ1) is 12.6. The molecule has 1 saturated heterocycles. The number of thioether (sulfide) groups is 1. The van der Waals surface area contributed by atoms with E-state index in [1.807, 2.05) is 0 Å². The zero-order valence-electron chi connectivity index (χ0n) is 13.7. The summed E-state index contributed by atoms with van der Waals surface area (Å²) in [6, 6.07) is 5.91. The Morgan fingerprint density at radius 3 is 2.52 bits per heavy atom. The molecule has 27 heavy (non-hydrogen) atoms. The predicted octanol–water partition coefficient (Wildman–Crippen LogP) is -1.40. The molecule has 1 aromatic rings. The standard InChI is InChI=1S/C14H19NO10S2/c16-6-9-11(18)12(19)13(20)14(24-9)26-10(15-25-27(21,22)23)5-7-2-1-3-8(17)4-7/h1-4,9,11-14,16-20H,5-6H2,(H,21,22,23)/t9-,11-,12+,13-,14+/m1/s1. The first-order valence-electron chi connectivity index (χ1n) is 7.58. The van der Waals surface area contributed by atoms with Gasteiger partial charge in [-0.1, -0.05) is 29.1 Å². The number of nitrogens with zero attached hydrogens (tertiary/aromatic N) is 1. The average Bonchev–Trinajstić information content (AvgIpc) is 2.59. The second-order valence-electron chi connectivity index (χ2n) is 5.65. The summed E-state index contributed by atoms with van der Waals surface area (Å²) >= 11 is 0.653. The largest absolute Gasteiger partial charge is 0.508 e. The molecule has 1 aliphatic heterocycles. The number of rotatable bonds is 6. The fourth-order valence-electron chi connectivity index (χ4n) is 2.32. The lowest BCUT2D eigenvalue weighted by atomic mass is 10.0. The third kappa shape index (κ3) is 6.29. The van der Waals surface area contributed by atoms with Gasteiger partial charge in [0.2, 0.25) is 0 Å². The maximum Gasteiger partial charge on any atom is 0.466 e. The molecule has 5 atom stereocenters. The molecule has 1 aliphatic rings. The molecule has 0 radical (unpaired) electrons. The van der Waals surface area contributed by atoms with Gasteiger partial charge in [-0.25, -0.2) is 4.28 Å². The number of oxime groups is 1. The number of phenolic OH excluding ortho intramolecular Hbond substituents is 1. The van der Waals surface area contributed by atoms with Crippen LogP contribution in [0.4, 0.5) is 0 Å². The van der Waals surface area contributed by atoms with E-state index >= 15 is 0 Å². The maximum atomic E-state index is 10.8. The SMILES string of the molecule is O=S(=O)(O)ON=C(Cc1cccc(O)c1)S[C@@H]1O[C@H](CO)[C@@H](O)[C@H](O)[C@H]1O. The van der Waals surface area contributed by atoms with Gasteiger partial charge in [-0.05, 0) is 17.7 Å². The Balaban J connectivity index is 2.22. The Morgan fingerprint density at radius 1 is 1.22 bits per heavy atom. The quantitative estimate of drug-likeness (QED) is 0.136. The van der Waals surface area contributed by atoms with E-state index in [1.165, 1.54) is 18.2 Å². The number of ether oxygens (including phenoxy) is 1. The smallest absolute Gasteiger partial charge is 0.466 e. The second-order valence-corrected chi connectivity index (χ2v) is 7.83. The van der Waals surface area contributed by atoms with E-state index in [1.54, 1.807) is 6.07 Å². The lowest BCUT2D eigenvalue weighted by Crippen LogP contribution is -2.57. The lowest BCUT2D eigenvalue weighted by molar-refractivity contribution is -0.205. The fourth-order valence-corrected chi connectivity index (χ4v) is 3.65. The van der Waals surface area contributed by atoms with Crippen LogP contribution >= 0.6 is 11.8 Å². The molecule has 11 nitrogen and oxygen atoms in total. The molecule has 1 aromatic carbocycles. The third-order valence-corrected chi connectivity index (χ3v) is 4.98. The van der Waals surface area contributed by atoms with Gasteiger partial charge in [-0.15, -0.1) is 0 Å². The molecule has 0 aliphatic carbocycles. The van der Waals surface area contributed by atoms with Gasteiger partial charge in [0.05, 0.1) is 6.61 Å². The summed E-state index contributed by atoms with van der Waals surface area (Å²) in [6.45, 7) is -0.636. The first kappa shape index (κ1) is 21.8. The van der Waals surface area contributed by atoms with Crippen molar-refractivity contribution in [2.45, 2.75) is 36.3 Å². The molecule has 0 amide bonds. The lowest BCUT2D eigenvalue weighted by Gasteiger charge is -2.39. The van der Waals surface area contributed by atoms with E-state index in [0.717, 1.165) is 0 Å². The van der Waals surface area contributed by atoms with Crippen molar-refractivity contribution >= 4 is 27.2 Å². The number of aliphatic hydroxyl groups is 4. The van der Waals surface area contributed by atoms with Gasteiger partial charge in [-0.2, -0.15) is 8.42 Å². The third-order valence-electron chi connectivity index (χ3n) is 3.60. The summed E-state index contributed by atoms with van der Waals surface area (Å²) in [4.78, 5) is 0. The van der Waals surface area contributed by atoms with Crippen molar-refractivity contribution in [1.82, 2.24) is 0 Å². The van der Waals surface area contributed by atoms with Crippen molar-refractivity contribution < 1.29 is 47.5 Å². The number of phenols is 1. The summed E-state index contributed by atoms with van der Waals surface area (Å²) in [5, 5.41) is 51.6. The van der Waals surface area contributed by atoms with Crippen LogP contribution in [0.3, 0.4) is 0 Å². The Labute approximate surface area is 158 Å². The topological polar surface area (TPSA) is 186 Å². The molecule has 6 N–H and O–H groups in total. The summed E-state index contributed by atoms with van der Waals surface area (Å²) in [7, 11) is -4.89. The van der Waals surface area contributed by atoms with Crippen LogP contribution in [-0.4, -0.2) is 80.0 Å². The molecule has 152 valence electrons. The van der Waals surface area contributed by atoms with Crippen molar-refractivity contribution in [2.75, 3.05) is 6.61 Å². The van der Waals surface area contributed by atoms with E-state index in [2.05, 4.69) is 9.44 Å².